The van der Waals surface area contributed by atoms with Crippen molar-refractivity contribution in [2.45, 2.75) is 0 Å². The van der Waals surface area contributed by atoms with Crippen molar-refractivity contribution >= 4 is 23.3 Å². The summed E-state index contributed by atoms with van der Waals surface area (Å²) in [5, 5.41) is 17.0. The number of phenols is 1. The summed E-state index contributed by atoms with van der Waals surface area (Å²) in [4.78, 5) is 14.0. The van der Waals surface area contributed by atoms with Crippen LogP contribution < -0.4 is 0 Å². The fraction of sp³-hybridized carbons (Fsp3) is 0. The third-order valence-corrected chi connectivity index (χ3v) is 1.21. The molecule has 0 unspecified atom stereocenters. The van der Waals surface area contributed by atoms with Crippen LogP contribution in [0.4, 0.5) is 0 Å². The SMILES string of the molecule is O=C(OO)c1ccccc1O.[Al]. The number of benzene rings is 1. The average molecular weight is 181 g/mol. The van der Waals surface area contributed by atoms with E-state index >= 15 is 0 Å². The van der Waals surface area contributed by atoms with Crippen LogP contribution in [-0.2, 0) is 4.89 Å². The van der Waals surface area contributed by atoms with E-state index in [9.17, 15) is 4.79 Å². The van der Waals surface area contributed by atoms with E-state index in [1.165, 1.54) is 12.1 Å². The zero-order valence-electron chi connectivity index (χ0n) is 6.10. The molecule has 12 heavy (non-hydrogen) atoms. The van der Waals surface area contributed by atoms with E-state index in [1.54, 1.807) is 12.1 Å². The molecule has 0 fully saturated rings. The van der Waals surface area contributed by atoms with Crippen molar-refractivity contribution in [2.75, 3.05) is 0 Å². The van der Waals surface area contributed by atoms with Gasteiger partial charge in [0.25, 0.3) is 0 Å². The lowest BCUT2D eigenvalue weighted by molar-refractivity contribution is -0.182. The molecular formula is C7H6AlO4. The van der Waals surface area contributed by atoms with E-state index in [0.717, 1.165) is 0 Å². The predicted molar refractivity (Wildman–Crippen MR) is 41.9 cm³/mol. The number of carbonyl (C=O) groups excluding carboxylic acids is 1. The molecule has 61 valence electrons. The fourth-order valence-electron chi connectivity index (χ4n) is 0.695. The summed E-state index contributed by atoms with van der Waals surface area (Å²) in [6.45, 7) is 0. The van der Waals surface area contributed by atoms with Crippen molar-refractivity contribution in [3.63, 3.8) is 0 Å². The predicted octanol–water partition coefficient (Wildman–Crippen LogP) is 0.641. The van der Waals surface area contributed by atoms with Crippen LogP contribution in [0.1, 0.15) is 10.4 Å². The topological polar surface area (TPSA) is 66.8 Å². The van der Waals surface area contributed by atoms with Crippen LogP contribution in [0.15, 0.2) is 24.3 Å². The first-order valence-electron chi connectivity index (χ1n) is 2.89. The Morgan fingerprint density at radius 1 is 1.33 bits per heavy atom. The van der Waals surface area contributed by atoms with Gasteiger partial charge in [-0.2, -0.15) is 5.26 Å². The summed E-state index contributed by atoms with van der Waals surface area (Å²) in [5.74, 6) is -1.19. The van der Waals surface area contributed by atoms with E-state index in [1.807, 2.05) is 0 Å². The van der Waals surface area contributed by atoms with Gasteiger partial charge in [0, 0.05) is 17.4 Å². The van der Waals surface area contributed by atoms with E-state index in [2.05, 4.69) is 4.89 Å². The van der Waals surface area contributed by atoms with Gasteiger partial charge in [-0.25, -0.2) is 4.79 Å². The number of aromatic hydroxyl groups is 1. The first kappa shape index (κ1) is 11.0. The third kappa shape index (κ3) is 2.24. The van der Waals surface area contributed by atoms with Gasteiger partial charge < -0.3 is 5.11 Å². The van der Waals surface area contributed by atoms with Crippen LogP contribution >= 0.6 is 0 Å². The molecule has 0 saturated heterocycles. The maximum atomic E-state index is 10.6. The van der Waals surface area contributed by atoms with Crippen molar-refractivity contribution in [1.29, 1.82) is 0 Å². The van der Waals surface area contributed by atoms with Gasteiger partial charge in [-0.05, 0) is 12.1 Å². The smallest absolute Gasteiger partial charge is 0.376 e. The Hall–Kier alpha value is -1.02. The van der Waals surface area contributed by atoms with Gasteiger partial charge in [-0.15, -0.1) is 0 Å². The molecule has 0 saturated carbocycles. The van der Waals surface area contributed by atoms with Gasteiger partial charge in [0.1, 0.15) is 11.3 Å². The first-order chi connectivity index (χ1) is 5.25. The lowest BCUT2D eigenvalue weighted by atomic mass is 10.2. The second-order valence-electron chi connectivity index (χ2n) is 1.90. The molecule has 0 atom stereocenters. The summed E-state index contributed by atoms with van der Waals surface area (Å²) in [7, 11) is 0. The molecule has 0 heterocycles. The quantitative estimate of drug-likeness (QED) is 0.379. The molecule has 5 heteroatoms. The highest BCUT2D eigenvalue weighted by Gasteiger charge is 2.10. The normalized spacial score (nSPS) is 8.42. The molecule has 2 N–H and O–H groups in total. The Morgan fingerprint density at radius 3 is 2.42 bits per heavy atom. The maximum absolute atomic E-state index is 10.6. The highest BCUT2D eigenvalue weighted by atomic mass is 27.0. The number of hydrogen-bond donors (Lipinski definition) is 2. The molecule has 0 amide bonds. The van der Waals surface area contributed by atoms with Crippen LogP contribution in [0.2, 0.25) is 0 Å². The molecular weight excluding hydrogens is 175 g/mol. The van der Waals surface area contributed by atoms with Gasteiger partial charge in [0.2, 0.25) is 0 Å². The first-order valence-corrected chi connectivity index (χ1v) is 2.89. The van der Waals surface area contributed by atoms with Gasteiger partial charge in [0.05, 0.1) is 0 Å². The van der Waals surface area contributed by atoms with Crippen molar-refractivity contribution in [3.05, 3.63) is 29.8 Å². The summed E-state index contributed by atoms with van der Waals surface area (Å²) in [6, 6.07) is 5.77. The van der Waals surface area contributed by atoms with Crippen molar-refractivity contribution < 1.29 is 20.0 Å². The zero-order chi connectivity index (χ0) is 8.27. The highest BCUT2D eigenvalue weighted by Crippen LogP contribution is 2.15. The van der Waals surface area contributed by atoms with E-state index < -0.39 is 5.97 Å². The molecule has 1 aromatic rings. The largest absolute Gasteiger partial charge is 0.507 e. The third-order valence-electron chi connectivity index (χ3n) is 1.21. The van der Waals surface area contributed by atoms with Gasteiger partial charge >= 0.3 is 5.97 Å². The lowest BCUT2D eigenvalue weighted by Crippen LogP contribution is -2.01. The monoisotopic (exact) mass is 181 g/mol. The Kier molecular flexibility index (Phi) is 4.37. The van der Waals surface area contributed by atoms with Crippen molar-refractivity contribution in [3.8, 4) is 5.75 Å². The average Bonchev–Trinajstić information content (AvgIpc) is 2.04. The number of para-hydroxylation sites is 1. The van der Waals surface area contributed by atoms with Crippen molar-refractivity contribution in [1.82, 2.24) is 0 Å². The number of rotatable bonds is 1. The lowest BCUT2D eigenvalue weighted by Gasteiger charge is -1.97. The van der Waals surface area contributed by atoms with Crippen LogP contribution in [-0.4, -0.2) is 33.7 Å². The summed E-state index contributed by atoms with van der Waals surface area (Å²) in [5.41, 5.74) is -0.0602. The Labute approximate surface area is 79.5 Å². The Balaban J connectivity index is 0.00000121. The molecule has 0 aliphatic rings. The van der Waals surface area contributed by atoms with E-state index in [-0.39, 0.29) is 28.7 Å². The zero-order valence-corrected chi connectivity index (χ0v) is 7.25. The molecule has 0 aliphatic carbocycles. The second kappa shape index (κ2) is 4.78. The standard InChI is InChI=1S/C7H6O4.Al/c8-6-4-2-1-3-5(6)7(9)11-10;/h1-4,8,10H;. The number of carbonyl (C=O) groups is 1. The Bertz CT molecular complexity index is 274. The molecule has 1 aromatic carbocycles. The van der Waals surface area contributed by atoms with E-state index in [0.29, 0.717) is 0 Å². The molecule has 3 radical (unpaired) electrons. The molecule has 4 nitrogen and oxygen atoms in total. The maximum Gasteiger partial charge on any atom is 0.376 e. The number of phenolic OH excluding ortho intramolecular Hbond substituents is 1. The van der Waals surface area contributed by atoms with Crippen molar-refractivity contribution in [2.24, 2.45) is 0 Å². The Morgan fingerprint density at radius 2 is 1.92 bits per heavy atom. The number of hydrogen-bond acceptors (Lipinski definition) is 4. The van der Waals surface area contributed by atoms with E-state index in [4.69, 9.17) is 10.4 Å². The fourth-order valence-corrected chi connectivity index (χ4v) is 0.695. The minimum atomic E-state index is -0.969. The van der Waals surface area contributed by atoms with Crippen LogP contribution in [0.25, 0.3) is 0 Å². The summed E-state index contributed by atoms with van der Waals surface area (Å²) < 4.78 is 0. The van der Waals surface area contributed by atoms with Gasteiger partial charge in [-0.1, -0.05) is 12.1 Å². The van der Waals surface area contributed by atoms with Gasteiger partial charge in [0.15, 0.2) is 0 Å². The molecule has 0 bridgehead atoms. The van der Waals surface area contributed by atoms with Crippen LogP contribution in [0.3, 0.4) is 0 Å². The van der Waals surface area contributed by atoms with Gasteiger partial charge in [-0.3, -0.25) is 4.89 Å². The van der Waals surface area contributed by atoms with Crippen LogP contribution in [0.5, 0.6) is 5.75 Å². The summed E-state index contributed by atoms with van der Waals surface area (Å²) in [6.07, 6.45) is 0. The molecule has 0 spiro atoms. The minimum absolute atomic E-state index is 0. The molecule has 0 aromatic heterocycles. The molecule has 1 rings (SSSR count). The highest BCUT2D eigenvalue weighted by molar-refractivity contribution is 5.91. The summed E-state index contributed by atoms with van der Waals surface area (Å²) >= 11 is 0. The minimum Gasteiger partial charge on any atom is -0.507 e. The molecule has 0 aliphatic heterocycles. The second-order valence-corrected chi connectivity index (χ2v) is 1.90. The van der Waals surface area contributed by atoms with Crippen LogP contribution in [0, 0.1) is 0 Å².